The third-order valence-corrected chi connectivity index (χ3v) is 2.47. The topological polar surface area (TPSA) is 83.8 Å². The van der Waals surface area contributed by atoms with Gasteiger partial charge in [-0.1, -0.05) is 20.8 Å². The highest BCUT2D eigenvalue weighted by Gasteiger charge is 2.12. The largest absolute Gasteiger partial charge is 0.350 e. The molecule has 5 nitrogen and oxygen atoms in total. The maximum absolute atomic E-state index is 11.7. The summed E-state index contributed by atoms with van der Waals surface area (Å²) >= 11 is 0. The number of carbonyl (C=O) groups is 1. The van der Waals surface area contributed by atoms with E-state index in [4.69, 9.17) is 5.73 Å². The average Bonchev–Trinajstić information content (AvgIpc) is 2.74. The van der Waals surface area contributed by atoms with Crippen molar-refractivity contribution in [2.24, 2.45) is 11.7 Å². The maximum Gasteiger partial charge on any atom is 0.271 e. The van der Waals surface area contributed by atoms with Gasteiger partial charge in [0.15, 0.2) is 0 Å². The summed E-state index contributed by atoms with van der Waals surface area (Å²) < 4.78 is 0. The molecule has 90 valence electrons. The van der Waals surface area contributed by atoms with Crippen LogP contribution >= 0.6 is 0 Å². The number of rotatable bonds is 5. The molecule has 0 radical (unpaired) electrons. The predicted octanol–water partition coefficient (Wildman–Crippen LogP) is 0.858. The normalized spacial score (nSPS) is 12.8. The molecule has 1 unspecified atom stereocenters. The molecule has 0 aromatic carbocycles. The highest BCUT2D eigenvalue weighted by Crippen LogP contribution is 2.11. The van der Waals surface area contributed by atoms with Crippen LogP contribution in [0, 0.1) is 5.92 Å². The number of aromatic amines is 1. The highest BCUT2D eigenvalue weighted by molar-refractivity contribution is 5.92. The SMILES string of the molecule is CC(CN)CNC(=O)c1cc(C(C)C)[nH]n1. The minimum Gasteiger partial charge on any atom is -0.350 e. The first kappa shape index (κ1) is 12.7. The molecular formula is C11H20N4O. The zero-order chi connectivity index (χ0) is 12.1. The van der Waals surface area contributed by atoms with Gasteiger partial charge in [-0.15, -0.1) is 0 Å². The van der Waals surface area contributed by atoms with Crippen molar-refractivity contribution in [3.8, 4) is 0 Å². The van der Waals surface area contributed by atoms with Gasteiger partial charge in [-0.3, -0.25) is 9.89 Å². The predicted molar refractivity (Wildman–Crippen MR) is 63.2 cm³/mol. The Kier molecular flexibility index (Phi) is 4.49. The minimum atomic E-state index is -0.150. The van der Waals surface area contributed by atoms with Gasteiger partial charge >= 0.3 is 0 Å². The fraction of sp³-hybridized carbons (Fsp3) is 0.636. The highest BCUT2D eigenvalue weighted by atomic mass is 16.1. The van der Waals surface area contributed by atoms with E-state index in [1.807, 2.05) is 20.8 Å². The molecule has 1 rings (SSSR count). The number of nitrogens with zero attached hydrogens (tertiary/aromatic N) is 1. The fourth-order valence-electron chi connectivity index (χ4n) is 1.19. The molecule has 1 aromatic heterocycles. The van der Waals surface area contributed by atoms with Crippen molar-refractivity contribution >= 4 is 5.91 Å². The van der Waals surface area contributed by atoms with E-state index < -0.39 is 0 Å². The maximum atomic E-state index is 11.7. The summed E-state index contributed by atoms with van der Waals surface area (Å²) in [5.41, 5.74) is 6.88. The molecule has 4 N–H and O–H groups in total. The van der Waals surface area contributed by atoms with Crippen LogP contribution in [0.2, 0.25) is 0 Å². The molecule has 5 heteroatoms. The number of aromatic nitrogens is 2. The van der Waals surface area contributed by atoms with Crippen LogP contribution < -0.4 is 11.1 Å². The zero-order valence-electron chi connectivity index (χ0n) is 10.1. The number of H-pyrrole nitrogens is 1. The minimum absolute atomic E-state index is 0.150. The van der Waals surface area contributed by atoms with Crippen LogP contribution in [0.4, 0.5) is 0 Å². The van der Waals surface area contributed by atoms with Crippen molar-refractivity contribution in [1.29, 1.82) is 0 Å². The van der Waals surface area contributed by atoms with Crippen LogP contribution in [0.15, 0.2) is 6.07 Å². The van der Waals surface area contributed by atoms with E-state index in [0.29, 0.717) is 24.7 Å². The zero-order valence-corrected chi connectivity index (χ0v) is 10.1. The molecule has 0 spiro atoms. The van der Waals surface area contributed by atoms with Crippen molar-refractivity contribution in [2.45, 2.75) is 26.7 Å². The van der Waals surface area contributed by atoms with E-state index in [1.54, 1.807) is 6.07 Å². The lowest BCUT2D eigenvalue weighted by molar-refractivity contribution is 0.0943. The van der Waals surface area contributed by atoms with Crippen LogP contribution in [0.1, 0.15) is 42.9 Å². The van der Waals surface area contributed by atoms with Gasteiger partial charge in [0.05, 0.1) is 0 Å². The standard InChI is InChI=1S/C11H20N4O/c1-7(2)9-4-10(15-14-9)11(16)13-6-8(3)5-12/h4,7-8H,5-6,12H2,1-3H3,(H,13,16)(H,14,15). The van der Waals surface area contributed by atoms with Crippen LogP contribution in [-0.4, -0.2) is 29.2 Å². The lowest BCUT2D eigenvalue weighted by Gasteiger charge is -2.08. The lowest BCUT2D eigenvalue weighted by Crippen LogP contribution is -2.31. The molecule has 1 heterocycles. The van der Waals surface area contributed by atoms with Crippen molar-refractivity contribution in [3.63, 3.8) is 0 Å². The van der Waals surface area contributed by atoms with E-state index in [0.717, 1.165) is 5.69 Å². The Morgan fingerprint density at radius 3 is 2.75 bits per heavy atom. The average molecular weight is 224 g/mol. The van der Waals surface area contributed by atoms with Crippen molar-refractivity contribution in [1.82, 2.24) is 15.5 Å². The van der Waals surface area contributed by atoms with E-state index >= 15 is 0 Å². The Bertz CT molecular complexity index is 346. The summed E-state index contributed by atoms with van der Waals surface area (Å²) in [5, 5.41) is 9.63. The first-order valence-corrected chi connectivity index (χ1v) is 5.58. The van der Waals surface area contributed by atoms with E-state index in [2.05, 4.69) is 15.5 Å². The number of carbonyl (C=O) groups excluding carboxylic acids is 1. The number of nitrogens with two attached hydrogens (primary N) is 1. The van der Waals surface area contributed by atoms with Gasteiger partial charge in [0.1, 0.15) is 5.69 Å². The van der Waals surface area contributed by atoms with Crippen LogP contribution in [0.5, 0.6) is 0 Å². The first-order chi connectivity index (χ1) is 7.54. The Morgan fingerprint density at radius 1 is 1.56 bits per heavy atom. The smallest absolute Gasteiger partial charge is 0.271 e. The Hall–Kier alpha value is -1.36. The monoisotopic (exact) mass is 224 g/mol. The molecule has 0 aliphatic carbocycles. The van der Waals surface area contributed by atoms with Gasteiger partial charge in [0.2, 0.25) is 0 Å². The van der Waals surface area contributed by atoms with Gasteiger partial charge in [-0.2, -0.15) is 5.10 Å². The molecule has 0 saturated carbocycles. The van der Waals surface area contributed by atoms with Crippen LogP contribution in [0.25, 0.3) is 0 Å². The second kappa shape index (κ2) is 5.65. The third kappa shape index (κ3) is 3.34. The van der Waals surface area contributed by atoms with Crippen LogP contribution in [0.3, 0.4) is 0 Å². The Labute approximate surface area is 95.8 Å². The molecule has 1 amide bonds. The summed E-state index contributed by atoms with van der Waals surface area (Å²) in [6, 6.07) is 1.78. The number of hydrogen-bond acceptors (Lipinski definition) is 3. The Morgan fingerprint density at radius 2 is 2.25 bits per heavy atom. The van der Waals surface area contributed by atoms with Crippen molar-refractivity contribution in [3.05, 3.63) is 17.5 Å². The number of amides is 1. The summed E-state index contributed by atoms with van der Waals surface area (Å²) in [6.07, 6.45) is 0. The van der Waals surface area contributed by atoms with E-state index in [9.17, 15) is 4.79 Å². The third-order valence-electron chi connectivity index (χ3n) is 2.47. The number of hydrogen-bond donors (Lipinski definition) is 3. The molecule has 1 aromatic rings. The van der Waals surface area contributed by atoms with Gasteiger partial charge in [-0.25, -0.2) is 0 Å². The second-order valence-corrected chi connectivity index (χ2v) is 4.41. The van der Waals surface area contributed by atoms with E-state index in [-0.39, 0.29) is 11.8 Å². The summed E-state index contributed by atoms with van der Waals surface area (Å²) in [6.45, 7) is 7.24. The van der Waals surface area contributed by atoms with Crippen molar-refractivity contribution in [2.75, 3.05) is 13.1 Å². The van der Waals surface area contributed by atoms with E-state index in [1.165, 1.54) is 0 Å². The number of nitrogens with one attached hydrogen (secondary N) is 2. The fourth-order valence-corrected chi connectivity index (χ4v) is 1.19. The van der Waals surface area contributed by atoms with Crippen LogP contribution in [-0.2, 0) is 0 Å². The molecule has 1 atom stereocenters. The Balaban J connectivity index is 2.53. The summed E-state index contributed by atoms with van der Waals surface area (Å²) in [7, 11) is 0. The van der Waals surface area contributed by atoms with Crippen molar-refractivity contribution < 1.29 is 4.79 Å². The molecule has 0 saturated heterocycles. The molecule has 16 heavy (non-hydrogen) atoms. The van der Waals surface area contributed by atoms with Gasteiger partial charge in [-0.05, 0) is 24.4 Å². The summed E-state index contributed by atoms with van der Waals surface area (Å²) in [5.74, 6) is 0.480. The molecule has 0 aliphatic heterocycles. The van der Waals surface area contributed by atoms with Gasteiger partial charge < -0.3 is 11.1 Å². The van der Waals surface area contributed by atoms with Gasteiger partial charge in [0.25, 0.3) is 5.91 Å². The quantitative estimate of drug-likeness (QED) is 0.693. The molecule has 0 bridgehead atoms. The summed E-state index contributed by atoms with van der Waals surface area (Å²) in [4.78, 5) is 11.7. The molecule has 0 aliphatic rings. The second-order valence-electron chi connectivity index (χ2n) is 4.41. The molecule has 0 fully saturated rings. The molecular weight excluding hydrogens is 204 g/mol. The first-order valence-electron chi connectivity index (χ1n) is 5.58. The lowest BCUT2D eigenvalue weighted by atomic mass is 10.1. The van der Waals surface area contributed by atoms with Gasteiger partial charge in [0, 0.05) is 12.2 Å².